The van der Waals surface area contributed by atoms with E-state index in [0.29, 0.717) is 27.1 Å². The van der Waals surface area contributed by atoms with Gasteiger partial charge in [-0.2, -0.15) is 0 Å². The lowest BCUT2D eigenvalue weighted by atomic mass is 9.56. The molecule has 0 aliphatic rings. The van der Waals surface area contributed by atoms with Crippen LogP contribution in [0.3, 0.4) is 0 Å². The second kappa shape index (κ2) is 7.32. The van der Waals surface area contributed by atoms with Crippen LogP contribution in [-0.4, -0.2) is 0 Å². The highest BCUT2D eigenvalue weighted by Gasteiger charge is 2.42. The van der Waals surface area contributed by atoms with Crippen LogP contribution in [0.2, 0.25) is 0 Å². The first kappa shape index (κ1) is 25.0. The summed E-state index contributed by atoms with van der Waals surface area (Å²) in [6.07, 6.45) is 0. The summed E-state index contributed by atoms with van der Waals surface area (Å²) in [4.78, 5) is 0. The van der Waals surface area contributed by atoms with Crippen LogP contribution in [-0.2, 0) is 0 Å². The van der Waals surface area contributed by atoms with Crippen LogP contribution in [0.15, 0.2) is 11.1 Å². The predicted molar refractivity (Wildman–Crippen MR) is 110 cm³/mol. The Balaban J connectivity index is 0. The van der Waals surface area contributed by atoms with Gasteiger partial charge in [-0.05, 0) is 40.9 Å². The van der Waals surface area contributed by atoms with Crippen molar-refractivity contribution in [3.63, 3.8) is 0 Å². The van der Waals surface area contributed by atoms with E-state index < -0.39 is 0 Å². The van der Waals surface area contributed by atoms with E-state index in [-0.39, 0.29) is 0 Å². The van der Waals surface area contributed by atoms with Gasteiger partial charge in [-0.25, -0.2) is 0 Å². The molecule has 0 aliphatic heterocycles. The third kappa shape index (κ3) is 7.44. The van der Waals surface area contributed by atoms with Crippen LogP contribution in [0.25, 0.3) is 0 Å². The molecule has 0 aliphatic carbocycles. The molecule has 0 aromatic heterocycles. The molecular weight excluding hydrogens is 276 g/mol. The first-order valence-corrected chi connectivity index (χ1v) is 9.25. The molecule has 0 saturated heterocycles. The topological polar surface area (TPSA) is 0 Å². The molecule has 0 bridgehead atoms. The smallest absolute Gasteiger partial charge is 0.0165 e. The van der Waals surface area contributed by atoms with Crippen molar-refractivity contribution in [2.45, 2.75) is 111 Å². The van der Waals surface area contributed by atoms with Crippen molar-refractivity contribution in [2.24, 2.45) is 27.1 Å². The molecule has 0 heteroatoms. The van der Waals surface area contributed by atoms with E-state index in [1.807, 2.05) is 0 Å². The van der Waals surface area contributed by atoms with Crippen LogP contribution in [0, 0.1) is 27.1 Å². The van der Waals surface area contributed by atoms with Crippen molar-refractivity contribution in [2.75, 3.05) is 0 Å². The van der Waals surface area contributed by atoms with E-state index in [2.05, 4.69) is 111 Å². The van der Waals surface area contributed by atoms with Crippen LogP contribution in [0.5, 0.6) is 0 Å². The van der Waals surface area contributed by atoms with Crippen LogP contribution >= 0.6 is 0 Å². The minimum atomic E-state index is 0.303. The average molecular weight is 325 g/mol. The highest BCUT2D eigenvalue weighted by atomic mass is 14.5. The molecule has 0 fully saturated rings. The van der Waals surface area contributed by atoms with Gasteiger partial charge in [0, 0.05) is 0 Å². The molecule has 23 heavy (non-hydrogen) atoms. The largest absolute Gasteiger partial charge is 0.0762 e. The summed E-state index contributed by atoms with van der Waals surface area (Å²) in [7, 11) is 0. The van der Waals surface area contributed by atoms with Crippen LogP contribution in [0.4, 0.5) is 0 Å². The maximum atomic E-state index is 2.35. The van der Waals surface area contributed by atoms with Gasteiger partial charge in [0.05, 0.1) is 0 Å². The zero-order valence-corrected chi connectivity index (χ0v) is 19.5. The molecule has 0 amide bonds. The highest BCUT2D eigenvalue weighted by molar-refractivity contribution is 5.22. The second-order valence-corrected chi connectivity index (χ2v) is 12.0. The fourth-order valence-electron chi connectivity index (χ4n) is 3.75. The maximum absolute atomic E-state index is 2.35. The summed E-state index contributed by atoms with van der Waals surface area (Å²) in [5.41, 5.74) is 4.79. The molecule has 0 spiro atoms. The van der Waals surface area contributed by atoms with Crippen molar-refractivity contribution in [3.8, 4) is 0 Å². The van der Waals surface area contributed by atoms with Gasteiger partial charge in [-0.3, -0.25) is 0 Å². The molecule has 0 radical (unpaired) electrons. The van der Waals surface area contributed by atoms with E-state index in [9.17, 15) is 0 Å². The van der Waals surface area contributed by atoms with Crippen molar-refractivity contribution in [1.29, 1.82) is 0 Å². The molecule has 0 aromatic carbocycles. The molecule has 0 aromatic rings. The van der Waals surface area contributed by atoms with E-state index in [1.54, 1.807) is 5.57 Å². The third-order valence-electron chi connectivity index (χ3n) is 5.75. The lowest BCUT2D eigenvalue weighted by Crippen LogP contribution is -2.41. The van der Waals surface area contributed by atoms with Gasteiger partial charge in [0.2, 0.25) is 0 Å². The normalized spacial score (nSPS) is 14.1. The summed E-state index contributed by atoms with van der Waals surface area (Å²) in [5, 5.41) is 0. The highest BCUT2D eigenvalue weighted by Crippen LogP contribution is 2.50. The minimum Gasteiger partial charge on any atom is -0.0762 e. The van der Waals surface area contributed by atoms with E-state index >= 15 is 0 Å². The minimum absolute atomic E-state index is 0.303. The Kier molecular flexibility index (Phi) is 7.95. The molecule has 0 N–H and O–H groups in total. The Bertz CT molecular complexity index is 353. The number of hydrogen-bond acceptors (Lipinski definition) is 0. The van der Waals surface area contributed by atoms with Gasteiger partial charge >= 0.3 is 0 Å². The lowest BCUT2D eigenvalue weighted by molar-refractivity contribution is 0.00575. The molecule has 0 nitrogen and oxygen atoms in total. The van der Waals surface area contributed by atoms with Crippen LogP contribution < -0.4 is 0 Å². The van der Waals surface area contributed by atoms with Crippen LogP contribution in [0.1, 0.15) is 111 Å². The summed E-state index contributed by atoms with van der Waals surface area (Å²) < 4.78 is 0. The molecule has 0 unspecified atom stereocenters. The standard InChI is InChI=1S/C12H24.C11H24/c1-9(2)10(11(3,4)5)12(6,7)8;1-9(2,3)11(7,8)10(4,5)6/h1-8H3;1-8H3. The molecule has 0 heterocycles. The van der Waals surface area contributed by atoms with Crippen molar-refractivity contribution < 1.29 is 0 Å². The van der Waals surface area contributed by atoms with E-state index in [0.717, 1.165) is 0 Å². The second-order valence-electron chi connectivity index (χ2n) is 12.0. The fourth-order valence-corrected chi connectivity index (χ4v) is 3.75. The molecule has 0 saturated carbocycles. The van der Waals surface area contributed by atoms with Crippen molar-refractivity contribution >= 4 is 0 Å². The summed E-state index contributed by atoms with van der Waals surface area (Å²) in [6, 6.07) is 0. The molecule has 140 valence electrons. The number of hydrogen-bond donors (Lipinski definition) is 0. The van der Waals surface area contributed by atoms with Gasteiger partial charge in [-0.15, -0.1) is 0 Å². The van der Waals surface area contributed by atoms with Gasteiger partial charge in [0.1, 0.15) is 0 Å². The summed E-state index contributed by atoms with van der Waals surface area (Å²) in [5.74, 6) is 0. The number of rotatable bonds is 0. The zero-order valence-electron chi connectivity index (χ0n) is 19.5. The van der Waals surface area contributed by atoms with Gasteiger partial charge < -0.3 is 0 Å². The predicted octanol–water partition coefficient (Wildman–Crippen LogP) is 8.52. The quantitative estimate of drug-likeness (QED) is 0.392. The lowest BCUT2D eigenvalue weighted by Gasteiger charge is -2.49. The molecule has 0 rings (SSSR count). The maximum Gasteiger partial charge on any atom is -0.0165 e. The first-order chi connectivity index (χ1) is 9.57. The number of allylic oxidation sites excluding steroid dienone is 2. The average Bonchev–Trinajstić information content (AvgIpc) is 2.07. The summed E-state index contributed by atoms with van der Waals surface area (Å²) in [6.45, 7) is 36.8. The Morgan fingerprint density at radius 3 is 0.652 bits per heavy atom. The Morgan fingerprint density at radius 1 is 0.435 bits per heavy atom. The van der Waals surface area contributed by atoms with Gasteiger partial charge in [-0.1, -0.05) is 108 Å². The Labute approximate surface area is 149 Å². The monoisotopic (exact) mass is 324 g/mol. The Hall–Kier alpha value is -0.260. The fraction of sp³-hybridized carbons (Fsp3) is 0.913. The van der Waals surface area contributed by atoms with E-state index in [4.69, 9.17) is 0 Å². The molecular formula is C23H48. The van der Waals surface area contributed by atoms with E-state index in [1.165, 1.54) is 5.57 Å². The molecule has 0 atom stereocenters. The van der Waals surface area contributed by atoms with Gasteiger partial charge in [0.15, 0.2) is 0 Å². The zero-order chi connectivity index (χ0) is 19.7. The summed E-state index contributed by atoms with van der Waals surface area (Å²) >= 11 is 0. The first-order valence-electron chi connectivity index (χ1n) is 9.25. The van der Waals surface area contributed by atoms with Crippen molar-refractivity contribution in [3.05, 3.63) is 11.1 Å². The van der Waals surface area contributed by atoms with Crippen molar-refractivity contribution in [1.82, 2.24) is 0 Å². The SMILES string of the molecule is CC(C)(C)C(C)(C)C(C)(C)C.CC(C)=C(C(C)(C)C)C(C)(C)C. The van der Waals surface area contributed by atoms with Gasteiger partial charge in [0.25, 0.3) is 0 Å². The Morgan fingerprint density at radius 2 is 0.652 bits per heavy atom. The third-order valence-corrected chi connectivity index (χ3v) is 5.75.